The highest BCUT2D eigenvalue weighted by molar-refractivity contribution is 7.92. The topological polar surface area (TPSA) is 133 Å². The van der Waals surface area contributed by atoms with Crippen molar-refractivity contribution in [3.63, 3.8) is 0 Å². The zero-order valence-electron chi connectivity index (χ0n) is 19.5. The maximum Gasteiger partial charge on any atom is 0.323 e. The number of aliphatic carboxylic acids is 1. The van der Waals surface area contributed by atoms with Crippen LogP contribution in [0.1, 0.15) is 66.9 Å². The Morgan fingerprint density at radius 1 is 1.06 bits per heavy atom. The molecule has 1 aromatic carbocycles. The second-order valence-electron chi connectivity index (χ2n) is 9.37. The van der Waals surface area contributed by atoms with Crippen LogP contribution in [0.4, 0.5) is 0 Å². The Morgan fingerprint density at radius 3 is 2.37 bits per heavy atom. The number of carbonyl (C=O) groups excluding carboxylic acids is 2. The molecule has 1 atom stereocenters. The van der Waals surface area contributed by atoms with Gasteiger partial charge in [0.25, 0.3) is 0 Å². The number of carboxylic acid groups (broad SMARTS) is 1. The molecule has 1 unspecified atom stereocenters. The van der Waals surface area contributed by atoms with Crippen LogP contribution in [0.15, 0.2) is 41.7 Å². The van der Waals surface area contributed by atoms with Crippen molar-refractivity contribution in [2.24, 2.45) is 5.92 Å². The van der Waals surface area contributed by atoms with Gasteiger partial charge in [0.1, 0.15) is 18.0 Å². The lowest BCUT2D eigenvalue weighted by atomic mass is 9.81. The van der Waals surface area contributed by atoms with Gasteiger partial charge in [-0.05, 0) is 55.7 Å². The highest BCUT2D eigenvalue weighted by Crippen LogP contribution is 2.35. The van der Waals surface area contributed by atoms with Crippen LogP contribution in [0.25, 0.3) is 0 Å². The van der Waals surface area contributed by atoms with Crippen LogP contribution in [0, 0.1) is 5.92 Å². The highest BCUT2D eigenvalue weighted by atomic mass is 32.2. The minimum Gasteiger partial charge on any atom is -0.480 e. The first-order chi connectivity index (χ1) is 16.7. The molecule has 1 aliphatic carbocycles. The first-order valence-corrected chi connectivity index (χ1v) is 13.5. The number of imidazole rings is 1. The number of carboxylic acids is 1. The van der Waals surface area contributed by atoms with Gasteiger partial charge in [-0.3, -0.25) is 14.4 Å². The zero-order valence-corrected chi connectivity index (χ0v) is 20.3. The van der Waals surface area contributed by atoms with Crippen LogP contribution < -0.4 is 0 Å². The number of rotatable bonds is 12. The number of carbonyl (C=O) groups is 3. The largest absolute Gasteiger partial charge is 0.480 e. The summed E-state index contributed by atoms with van der Waals surface area (Å²) in [5.74, 6) is -1.56. The summed E-state index contributed by atoms with van der Waals surface area (Å²) in [4.78, 5) is 40.9. The number of aromatic nitrogens is 2. The molecule has 2 aromatic rings. The van der Waals surface area contributed by atoms with Crippen LogP contribution >= 0.6 is 0 Å². The first kappa shape index (κ1) is 25.2. The van der Waals surface area contributed by atoms with Gasteiger partial charge in [-0.25, -0.2) is 13.4 Å². The van der Waals surface area contributed by atoms with Crippen LogP contribution in [-0.4, -0.2) is 59.1 Å². The Bertz CT molecular complexity index is 1180. The van der Waals surface area contributed by atoms with Gasteiger partial charge in [-0.1, -0.05) is 12.1 Å². The lowest BCUT2D eigenvalue weighted by molar-refractivity contribution is -0.137. The third-order valence-electron chi connectivity index (χ3n) is 6.71. The van der Waals surface area contributed by atoms with Crippen molar-refractivity contribution in [2.45, 2.75) is 67.6 Å². The van der Waals surface area contributed by atoms with Crippen molar-refractivity contribution in [3.05, 3.63) is 48.0 Å². The van der Waals surface area contributed by atoms with Crippen LogP contribution in [0.3, 0.4) is 0 Å². The molecule has 1 saturated heterocycles. The lowest BCUT2D eigenvalue weighted by Crippen LogP contribution is -2.22. The van der Waals surface area contributed by atoms with Crippen molar-refractivity contribution in [3.8, 4) is 0 Å². The van der Waals surface area contributed by atoms with E-state index in [2.05, 4.69) is 4.98 Å². The molecule has 2 fully saturated rings. The van der Waals surface area contributed by atoms with Gasteiger partial charge < -0.3 is 14.4 Å². The lowest BCUT2D eigenvalue weighted by Gasteiger charge is -2.26. The van der Waals surface area contributed by atoms with Crippen molar-refractivity contribution in [1.29, 1.82) is 0 Å². The normalized spacial score (nSPS) is 17.7. The summed E-state index contributed by atoms with van der Waals surface area (Å²) in [5, 5.41) is 8.57. The van der Waals surface area contributed by atoms with E-state index in [4.69, 9.17) is 9.84 Å². The van der Waals surface area contributed by atoms with Gasteiger partial charge in [0.2, 0.25) is 0 Å². The van der Waals surface area contributed by atoms with Gasteiger partial charge in [0.15, 0.2) is 15.6 Å². The average molecular weight is 503 g/mol. The number of nitrogens with zero attached hydrogens (tertiary/aromatic N) is 2. The Balaban J connectivity index is 1.45. The smallest absolute Gasteiger partial charge is 0.323 e. The van der Waals surface area contributed by atoms with E-state index in [1.165, 1.54) is 17.1 Å². The maximum atomic E-state index is 13.3. The fourth-order valence-corrected chi connectivity index (χ4v) is 6.17. The number of Topliss-reactive ketones (excluding diaryl/α,β-unsaturated/α-hetero) is 2. The average Bonchev–Trinajstić information content (AvgIpc) is 3.61. The van der Waals surface area contributed by atoms with Gasteiger partial charge >= 0.3 is 5.97 Å². The summed E-state index contributed by atoms with van der Waals surface area (Å²) in [6, 6.07) is 6.64. The zero-order chi connectivity index (χ0) is 25.0. The fourth-order valence-electron chi connectivity index (χ4n) is 4.52. The minimum atomic E-state index is -3.31. The van der Waals surface area contributed by atoms with Crippen molar-refractivity contribution >= 4 is 27.4 Å². The number of ketones is 2. The molecule has 0 amide bonds. The van der Waals surface area contributed by atoms with E-state index in [-0.39, 0.29) is 46.8 Å². The number of sulfone groups is 1. The molecule has 188 valence electrons. The predicted octanol–water partition coefficient (Wildman–Crippen LogP) is 3.04. The molecule has 35 heavy (non-hydrogen) atoms. The van der Waals surface area contributed by atoms with E-state index in [9.17, 15) is 22.8 Å². The second-order valence-corrected chi connectivity index (χ2v) is 11.6. The standard InChI is InChI=1S/C25H30N2O7S/c28-23(7-8-24(29)22-14-27(16-26-22)15-25(30)31)21(13-17-9-11-34-12-10-17)18-1-3-19(4-2-18)35(32,33)20-5-6-20/h1-4,14,16-17,20-21H,5-13,15H2,(H,30,31). The Hall–Kier alpha value is -2.85. The third kappa shape index (κ3) is 6.43. The van der Waals surface area contributed by atoms with Crippen LogP contribution in [0.2, 0.25) is 0 Å². The molecule has 0 radical (unpaired) electrons. The molecule has 0 spiro atoms. The molecule has 10 heteroatoms. The summed E-state index contributed by atoms with van der Waals surface area (Å²) in [7, 11) is -3.31. The summed E-state index contributed by atoms with van der Waals surface area (Å²) in [6.45, 7) is 1.02. The highest BCUT2D eigenvalue weighted by Gasteiger charge is 2.37. The van der Waals surface area contributed by atoms with E-state index < -0.39 is 21.7 Å². The van der Waals surface area contributed by atoms with Gasteiger partial charge in [-0.15, -0.1) is 0 Å². The van der Waals surface area contributed by atoms with Crippen molar-refractivity contribution in [1.82, 2.24) is 9.55 Å². The van der Waals surface area contributed by atoms with Crippen LogP contribution in [-0.2, 0) is 30.7 Å². The summed E-state index contributed by atoms with van der Waals surface area (Å²) < 4.78 is 31.8. The van der Waals surface area contributed by atoms with E-state index in [0.717, 1.165) is 18.4 Å². The minimum absolute atomic E-state index is 0.0264. The van der Waals surface area contributed by atoms with E-state index >= 15 is 0 Å². The summed E-state index contributed by atoms with van der Waals surface area (Å²) >= 11 is 0. The summed E-state index contributed by atoms with van der Waals surface area (Å²) in [5.41, 5.74) is 0.893. The molecule has 2 aliphatic rings. The first-order valence-electron chi connectivity index (χ1n) is 11.9. The van der Waals surface area contributed by atoms with E-state index in [1.807, 2.05) is 0 Å². The SMILES string of the molecule is O=C(O)Cn1cnc(C(=O)CCC(=O)C(CC2CCOCC2)c2ccc(S(=O)(=O)C3CC3)cc2)c1. The summed E-state index contributed by atoms with van der Waals surface area (Å²) in [6.07, 6.45) is 6.39. The van der Waals surface area contributed by atoms with Crippen LogP contribution in [0.5, 0.6) is 0 Å². The number of hydrogen-bond donors (Lipinski definition) is 1. The van der Waals surface area contributed by atoms with Crippen molar-refractivity contribution in [2.75, 3.05) is 13.2 Å². The molecule has 9 nitrogen and oxygen atoms in total. The molecule has 2 heterocycles. The number of ether oxygens (including phenoxy) is 1. The van der Waals surface area contributed by atoms with E-state index in [1.54, 1.807) is 24.3 Å². The molecular formula is C25H30N2O7S. The molecule has 1 N–H and O–H groups in total. The Morgan fingerprint density at radius 2 is 1.74 bits per heavy atom. The molecule has 4 rings (SSSR count). The molecular weight excluding hydrogens is 472 g/mol. The molecule has 1 aliphatic heterocycles. The quantitative estimate of drug-likeness (QED) is 0.438. The number of benzene rings is 1. The predicted molar refractivity (Wildman–Crippen MR) is 126 cm³/mol. The van der Waals surface area contributed by atoms with Gasteiger partial charge in [-0.2, -0.15) is 0 Å². The second kappa shape index (κ2) is 10.8. The fraction of sp³-hybridized carbons (Fsp3) is 0.520. The van der Waals surface area contributed by atoms with Gasteiger partial charge in [0, 0.05) is 38.2 Å². The third-order valence-corrected chi connectivity index (χ3v) is 8.99. The van der Waals surface area contributed by atoms with Gasteiger partial charge in [0.05, 0.1) is 16.5 Å². The van der Waals surface area contributed by atoms with E-state index in [0.29, 0.717) is 38.4 Å². The Kier molecular flexibility index (Phi) is 7.81. The molecule has 1 saturated carbocycles. The van der Waals surface area contributed by atoms with Crippen molar-refractivity contribution < 1.29 is 32.6 Å². The number of hydrogen-bond acceptors (Lipinski definition) is 7. The molecule has 1 aromatic heterocycles. The molecule has 0 bridgehead atoms. The Labute approximate surface area is 204 Å². The monoisotopic (exact) mass is 502 g/mol. The maximum absolute atomic E-state index is 13.3.